The Hall–Kier alpha value is -0.910. The molecule has 0 spiro atoms. The van der Waals surface area contributed by atoms with Gasteiger partial charge in [0.2, 0.25) is 5.91 Å². The van der Waals surface area contributed by atoms with E-state index in [9.17, 15) is 19.1 Å². The number of benzene rings is 1. The third-order valence-electron chi connectivity index (χ3n) is 4.66. The molecule has 0 saturated carbocycles. The fraction of sp³-hybridized carbons (Fsp3) is 0.611. The summed E-state index contributed by atoms with van der Waals surface area (Å²) in [7, 11) is -4.45. The van der Waals surface area contributed by atoms with E-state index in [1.807, 2.05) is 38.1 Å². The lowest BCUT2D eigenvalue weighted by Gasteiger charge is -2.33. The Kier molecular flexibility index (Phi) is 7.68. The highest BCUT2D eigenvalue weighted by atomic mass is 35.5. The van der Waals surface area contributed by atoms with Crippen LogP contribution in [0.2, 0.25) is 5.02 Å². The Morgan fingerprint density at radius 2 is 1.85 bits per heavy atom. The number of nitrogens with zero attached hydrogens (tertiary/aromatic N) is 1. The average Bonchev–Trinajstić information content (AvgIpc) is 2.55. The highest BCUT2D eigenvalue weighted by Gasteiger charge is 2.37. The monoisotopic (exact) mass is 402 g/mol. The van der Waals surface area contributed by atoms with E-state index in [1.165, 1.54) is 5.56 Å². The van der Waals surface area contributed by atoms with E-state index in [0.29, 0.717) is 0 Å². The van der Waals surface area contributed by atoms with E-state index >= 15 is 0 Å². The number of hydrogen-bond acceptors (Lipinski definition) is 3. The van der Waals surface area contributed by atoms with Crippen molar-refractivity contribution in [1.29, 1.82) is 0 Å². The Labute approximate surface area is 160 Å². The number of nitrogens with one attached hydrogen (secondary N) is 1. The van der Waals surface area contributed by atoms with Crippen LogP contribution in [0.5, 0.6) is 0 Å². The van der Waals surface area contributed by atoms with Gasteiger partial charge in [0.15, 0.2) is 0 Å². The quantitative estimate of drug-likeness (QED) is 0.610. The summed E-state index contributed by atoms with van der Waals surface area (Å²) < 4.78 is 11.6. The molecule has 2 rings (SSSR count). The van der Waals surface area contributed by atoms with Gasteiger partial charge >= 0.3 is 7.60 Å². The van der Waals surface area contributed by atoms with Gasteiger partial charge in [-0.3, -0.25) is 14.3 Å². The van der Waals surface area contributed by atoms with Crippen molar-refractivity contribution >= 4 is 25.1 Å². The first-order valence-electron chi connectivity index (χ1n) is 8.97. The number of carbonyl (C=O) groups is 1. The summed E-state index contributed by atoms with van der Waals surface area (Å²) >= 11 is 5.90. The molecule has 1 saturated heterocycles. The van der Waals surface area contributed by atoms with Crippen molar-refractivity contribution in [2.24, 2.45) is 5.92 Å². The first-order chi connectivity index (χ1) is 12.1. The topological polar surface area (TPSA) is 89.9 Å². The normalized spacial score (nSPS) is 18.1. The van der Waals surface area contributed by atoms with E-state index in [1.54, 1.807) is 0 Å². The van der Waals surface area contributed by atoms with Crippen LogP contribution in [0.25, 0.3) is 0 Å². The van der Waals surface area contributed by atoms with Gasteiger partial charge in [0.25, 0.3) is 0 Å². The van der Waals surface area contributed by atoms with Crippen LogP contribution in [0.3, 0.4) is 0 Å². The molecule has 6 nitrogen and oxygen atoms in total. The second-order valence-electron chi connectivity index (χ2n) is 7.42. The van der Waals surface area contributed by atoms with Crippen molar-refractivity contribution < 1.29 is 19.1 Å². The first-order valence-corrected chi connectivity index (χ1v) is 11.0. The van der Waals surface area contributed by atoms with Gasteiger partial charge in [0, 0.05) is 30.7 Å². The lowest BCUT2D eigenvalue weighted by molar-refractivity contribution is -0.122. The lowest BCUT2D eigenvalue weighted by Crippen LogP contribution is -2.47. The summed E-state index contributed by atoms with van der Waals surface area (Å²) in [6.07, 6.45) is 1.73. The lowest BCUT2D eigenvalue weighted by atomic mass is 10.0. The molecule has 3 N–H and O–H groups in total. The molecule has 1 aliphatic heterocycles. The molecule has 0 radical (unpaired) electrons. The van der Waals surface area contributed by atoms with Gasteiger partial charge < -0.3 is 15.1 Å². The van der Waals surface area contributed by atoms with Crippen LogP contribution < -0.4 is 5.32 Å². The zero-order chi connectivity index (χ0) is 19.3. The fourth-order valence-electron chi connectivity index (χ4n) is 3.22. The molecular formula is C18H28ClN2O4P. The summed E-state index contributed by atoms with van der Waals surface area (Å²) in [5, 5.41) is 3.57. The smallest absolute Gasteiger partial charge is 0.337 e. The largest absolute Gasteiger partial charge is 0.352 e. The second-order valence-corrected chi connectivity index (χ2v) is 9.66. The van der Waals surface area contributed by atoms with Crippen LogP contribution in [0, 0.1) is 5.92 Å². The molecular weight excluding hydrogens is 375 g/mol. The molecule has 1 atom stereocenters. The van der Waals surface area contributed by atoms with Gasteiger partial charge in [-0.15, -0.1) is 0 Å². The second kappa shape index (κ2) is 9.34. The Morgan fingerprint density at radius 1 is 1.27 bits per heavy atom. The zero-order valence-corrected chi connectivity index (χ0v) is 16.9. The maximum atomic E-state index is 12.4. The predicted octanol–water partition coefficient (Wildman–Crippen LogP) is 3.01. The third kappa shape index (κ3) is 6.67. The molecule has 1 aliphatic rings. The van der Waals surface area contributed by atoms with Gasteiger partial charge in [-0.1, -0.05) is 37.6 Å². The van der Waals surface area contributed by atoms with E-state index in [-0.39, 0.29) is 18.4 Å². The minimum Gasteiger partial charge on any atom is -0.352 e. The minimum atomic E-state index is -4.45. The SMILES string of the molecule is CC(C)CC(C(=O)NC1CCN(Cc2ccc(Cl)cc2)CC1)P(=O)(O)O. The maximum Gasteiger partial charge on any atom is 0.337 e. The van der Waals surface area contributed by atoms with E-state index < -0.39 is 19.2 Å². The number of hydrogen-bond donors (Lipinski definition) is 3. The predicted molar refractivity (Wildman–Crippen MR) is 103 cm³/mol. The van der Waals surface area contributed by atoms with Crippen molar-refractivity contribution in [2.75, 3.05) is 13.1 Å². The Balaban J connectivity index is 1.84. The van der Waals surface area contributed by atoms with Gasteiger partial charge in [-0.05, 0) is 42.9 Å². The van der Waals surface area contributed by atoms with Crippen molar-refractivity contribution in [3.63, 3.8) is 0 Å². The molecule has 1 heterocycles. The number of halogens is 1. The maximum absolute atomic E-state index is 12.4. The number of carbonyl (C=O) groups excluding carboxylic acids is 1. The summed E-state index contributed by atoms with van der Waals surface area (Å²) in [5.41, 5.74) is -0.0648. The summed E-state index contributed by atoms with van der Waals surface area (Å²) in [5.74, 6) is -0.484. The highest BCUT2D eigenvalue weighted by molar-refractivity contribution is 7.53. The highest BCUT2D eigenvalue weighted by Crippen LogP contribution is 2.44. The van der Waals surface area contributed by atoms with Gasteiger partial charge in [0.1, 0.15) is 5.66 Å². The Bertz CT molecular complexity index is 639. The van der Waals surface area contributed by atoms with Crippen molar-refractivity contribution in [3.05, 3.63) is 34.9 Å². The van der Waals surface area contributed by atoms with Crippen LogP contribution in [-0.4, -0.2) is 45.4 Å². The molecule has 0 bridgehead atoms. The molecule has 8 heteroatoms. The van der Waals surface area contributed by atoms with Gasteiger partial charge in [0.05, 0.1) is 0 Å². The molecule has 0 aliphatic carbocycles. The zero-order valence-electron chi connectivity index (χ0n) is 15.3. The van der Waals surface area contributed by atoms with Crippen LogP contribution in [0.1, 0.15) is 38.7 Å². The van der Waals surface area contributed by atoms with Gasteiger partial charge in [-0.25, -0.2) is 0 Å². The molecule has 1 unspecified atom stereocenters. The number of piperidine rings is 1. The fourth-order valence-corrected chi connectivity index (χ4v) is 4.43. The van der Waals surface area contributed by atoms with E-state index in [2.05, 4.69) is 10.2 Å². The van der Waals surface area contributed by atoms with Gasteiger partial charge in [-0.2, -0.15) is 0 Å². The molecule has 1 aromatic carbocycles. The standard InChI is InChI=1S/C18H28ClN2O4P/c1-13(2)11-17(26(23,24)25)18(22)20-16-7-9-21(10-8-16)12-14-3-5-15(19)6-4-14/h3-6,13,16-17H,7-12H2,1-2H3,(H,20,22)(H2,23,24,25). The van der Waals surface area contributed by atoms with Crippen molar-refractivity contribution in [1.82, 2.24) is 10.2 Å². The van der Waals surface area contributed by atoms with E-state index in [4.69, 9.17) is 11.6 Å². The summed E-state index contributed by atoms with van der Waals surface area (Å²) in [6, 6.07) is 7.73. The van der Waals surface area contributed by atoms with Crippen LogP contribution in [-0.2, 0) is 15.9 Å². The van der Waals surface area contributed by atoms with Crippen molar-refractivity contribution in [3.8, 4) is 0 Å². The molecule has 26 heavy (non-hydrogen) atoms. The van der Waals surface area contributed by atoms with Crippen molar-refractivity contribution in [2.45, 2.75) is 51.4 Å². The van der Waals surface area contributed by atoms with Crippen LogP contribution in [0.15, 0.2) is 24.3 Å². The molecule has 146 valence electrons. The molecule has 1 amide bonds. The number of rotatable bonds is 7. The minimum absolute atomic E-state index is 0.0369. The first kappa shape index (κ1) is 21.4. The number of likely N-dealkylation sites (tertiary alicyclic amines) is 1. The molecule has 0 aromatic heterocycles. The summed E-state index contributed by atoms with van der Waals surface area (Å²) in [6.45, 7) is 6.20. The number of amides is 1. The van der Waals surface area contributed by atoms with Crippen LogP contribution in [0.4, 0.5) is 0 Å². The van der Waals surface area contributed by atoms with E-state index in [0.717, 1.165) is 37.5 Å². The molecule has 1 fully saturated rings. The Morgan fingerprint density at radius 3 is 2.35 bits per heavy atom. The summed E-state index contributed by atoms with van der Waals surface area (Å²) in [4.78, 5) is 33.6. The average molecular weight is 403 g/mol. The third-order valence-corrected chi connectivity index (χ3v) is 6.17. The van der Waals surface area contributed by atoms with Crippen LogP contribution >= 0.6 is 19.2 Å². The molecule has 1 aromatic rings.